The third kappa shape index (κ3) is 3.73. The van der Waals surface area contributed by atoms with Gasteiger partial charge < -0.3 is 9.88 Å². The van der Waals surface area contributed by atoms with Crippen molar-refractivity contribution in [3.05, 3.63) is 52.5 Å². The van der Waals surface area contributed by atoms with E-state index in [1.54, 1.807) is 12.3 Å². The summed E-state index contributed by atoms with van der Waals surface area (Å²) in [4.78, 5) is 4.02. The molecule has 18 heavy (non-hydrogen) atoms. The molecule has 1 N–H and O–H groups in total. The molecule has 0 bridgehead atoms. The fraction of sp³-hybridized carbons (Fsp3) is 0.308. The molecule has 0 spiro atoms. The van der Waals surface area contributed by atoms with Crippen molar-refractivity contribution in [3.63, 3.8) is 0 Å². The monoisotopic (exact) mass is 283 g/mol. The smallest absolute Gasteiger partial charge is 0.0946 e. The molecule has 0 aliphatic carbocycles. The first-order valence-corrected chi connectivity index (χ1v) is 6.54. The number of imidazole rings is 1. The maximum absolute atomic E-state index is 6.11. The Balaban J connectivity index is 1.89. The third-order valence-corrected chi connectivity index (χ3v) is 3.30. The quantitative estimate of drug-likeness (QED) is 0.912. The van der Waals surface area contributed by atoms with Crippen molar-refractivity contribution in [1.82, 2.24) is 14.9 Å². The first-order valence-electron chi connectivity index (χ1n) is 5.78. The van der Waals surface area contributed by atoms with Crippen LogP contribution in [0.25, 0.3) is 0 Å². The number of rotatable bonds is 5. The van der Waals surface area contributed by atoms with Crippen LogP contribution in [0, 0.1) is 0 Å². The molecule has 0 radical (unpaired) electrons. The number of benzene rings is 1. The minimum atomic E-state index is 0.328. The Bertz CT molecular complexity index is 497. The van der Waals surface area contributed by atoms with E-state index in [4.69, 9.17) is 23.2 Å². The molecule has 0 amide bonds. The molecule has 1 aromatic carbocycles. The summed E-state index contributed by atoms with van der Waals surface area (Å²) in [6, 6.07) is 5.83. The van der Waals surface area contributed by atoms with Crippen LogP contribution in [0.4, 0.5) is 0 Å². The topological polar surface area (TPSA) is 29.9 Å². The number of aromatic nitrogens is 2. The van der Waals surface area contributed by atoms with Crippen LogP contribution in [0.3, 0.4) is 0 Å². The average molecular weight is 284 g/mol. The number of halogens is 2. The van der Waals surface area contributed by atoms with Gasteiger partial charge in [0, 0.05) is 41.6 Å². The van der Waals surface area contributed by atoms with Crippen LogP contribution in [0.5, 0.6) is 0 Å². The Morgan fingerprint density at radius 2 is 2.22 bits per heavy atom. The van der Waals surface area contributed by atoms with Gasteiger partial charge in [0.1, 0.15) is 0 Å². The van der Waals surface area contributed by atoms with Crippen LogP contribution >= 0.6 is 23.2 Å². The zero-order valence-electron chi connectivity index (χ0n) is 10.1. The Morgan fingerprint density at radius 1 is 1.39 bits per heavy atom. The fourth-order valence-corrected chi connectivity index (χ4v) is 2.12. The second kappa shape index (κ2) is 6.23. The molecule has 1 aromatic heterocycles. The predicted molar refractivity (Wildman–Crippen MR) is 75.0 cm³/mol. The van der Waals surface area contributed by atoms with Gasteiger partial charge in [-0.3, -0.25) is 0 Å². The third-order valence-electron chi connectivity index (χ3n) is 2.69. The zero-order chi connectivity index (χ0) is 13.0. The van der Waals surface area contributed by atoms with E-state index in [1.165, 1.54) is 0 Å². The van der Waals surface area contributed by atoms with E-state index in [9.17, 15) is 0 Å². The lowest BCUT2D eigenvalue weighted by molar-refractivity contribution is 0.476. The van der Waals surface area contributed by atoms with Gasteiger partial charge in [-0.25, -0.2) is 4.98 Å². The van der Waals surface area contributed by atoms with E-state index in [1.807, 2.05) is 29.2 Å². The molecule has 96 valence electrons. The largest absolute Gasteiger partial charge is 0.336 e. The maximum atomic E-state index is 6.11. The van der Waals surface area contributed by atoms with Gasteiger partial charge in [0.2, 0.25) is 0 Å². The molecule has 1 heterocycles. The van der Waals surface area contributed by atoms with Crippen molar-refractivity contribution in [2.24, 2.45) is 0 Å². The molecular weight excluding hydrogens is 269 g/mol. The van der Waals surface area contributed by atoms with Crippen LogP contribution in [-0.2, 0) is 13.1 Å². The van der Waals surface area contributed by atoms with E-state index in [-0.39, 0.29) is 0 Å². The average Bonchev–Trinajstić information content (AvgIpc) is 2.83. The molecule has 0 saturated carbocycles. The first kappa shape index (κ1) is 13.4. The van der Waals surface area contributed by atoms with Gasteiger partial charge in [-0.2, -0.15) is 0 Å². The van der Waals surface area contributed by atoms with E-state index in [0.29, 0.717) is 17.6 Å². The zero-order valence-corrected chi connectivity index (χ0v) is 11.6. The molecule has 0 aliphatic rings. The molecular formula is C13H15Cl2N3. The Labute approximate surface area is 117 Å². The number of nitrogens with zero attached hydrogens (tertiary/aromatic N) is 2. The SMILES string of the molecule is CC(Cn1ccnc1)NCc1cc(Cl)ccc1Cl. The molecule has 5 heteroatoms. The Hall–Kier alpha value is -1.03. The molecule has 2 rings (SSSR count). The van der Waals surface area contributed by atoms with Gasteiger partial charge in [-0.1, -0.05) is 23.2 Å². The van der Waals surface area contributed by atoms with Crippen LogP contribution in [0.15, 0.2) is 36.9 Å². The molecule has 0 aliphatic heterocycles. The van der Waals surface area contributed by atoms with E-state index in [2.05, 4.69) is 17.2 Å². The van der Waals surface area contributed by atoms with Gasteiger partial charge in [-0.05, 0) is 30.7 Å². The predicted octanol–water partition coefficient (Wildman–Crippen LogP) is 3.37. The highest BCUT2D eigenvalue weighted by molar-refractivity contribution is 6.33. The number of hydrogen-bond acceptors (Lipinski definition) is 2. The van der Waals surface area contributed by atoms with Crippen molar-refractivity contribution < 1.29 is 0 Å². The molecule has 1 atom stereocenters. The van der Waals surface area contributed by atoms with Crippen LogP contribution in [-0.4, -0.2) is 15.6 Å². The molecule has 1 unspecified atom stereocenters. The lowest BCUT2D eigenvalue weighted by Gasteiger charge is -2.15. The van der Waals surface area contributed by atoms with Gasteiger partial charge >= 0.3 is 0 Å². The second-order valence-corrected chi connectivity index (χ2v) is 5.12. The highest BCUT2D eigenvalue weighted by Crippen LogP contribution is 2.20. The van der Waals surface area contributed by atoms with Crippen LogP contribution in [0.2, 0.25) is 10.0 Å². The lowest BCUT2D eigenvalue weighted by Crippen LogP contribution is -2.29. The summed E-state index contributed by atoms with van der Waals surface area (Å²) in [5.74, 6) is 0. The Morgan fingerprint density at radius 3 is 2.94 bits per heavy atom. The minimum absolute atomic E-state index is 0.328. The van der Waals surface area contributed by atoms with Crippen LogP contribution in [0.1, 0.15) is 12.5 Å². The van der Waals surface area contributed by atoms with Gasteiger partial charge in [-0.15, -0.1) is 0 Å². The second-order valence-electron chi connectivity index (χ2n) is 4.28. The maximum Gasteiger partial charge on any atom is 0.0946 e. The summed E-state index contributed by atoms with van der Waals surface area (Å²) in [6.45, 7) is 3.70. The van der Waals surface area contributed by atoms with Crippen molar-refractivity contribution >= 4 is 23.2 Å². The molecule has 0 fully saturated rings. The number of nitrogens with one attached hydrogen (secondary N) is 1. The van der Waals surface area contributed by atoms with Crippen molar-refractivity contribution in [2.45, 2.75) is 26.1 Å². The van der Waals surface area contributed by atoms with Crippen molar-refractivity contribution in [1.29, 1.82) is 0 Å². The van der Waals surface area contributed by atoms with E-state index >= 15 is 0 Å². The summed E-state index contributed by atoms with van der Waals surface area (Å²) in [6.07, 6.45) is 5.54. The lowest BCUT2D eigenvalue weighted by atomic mass is 10.2. The molecule has 3 nitrogen and oxygen atoms in total. The summed E-state index contributed by atoms with van der Waals surface area (Å²) in [5, 5.41) is 4.86. The summed E-state index contributed by atoms with van der Waals surface area (Å²) >= 11 is 12.1. The summed E-state index contributed by atoms with van der Waals surface area (Å²) < 4.78 is 2.04. The van der Waals surface area contributed by atoms with E-state index in [0.717, 1.165) is 17.1 Å². The standard InChI is InChI=1S/C13H15Cl2N3/c1-10(8-18-5-4-16-9-18)17-7-11-6-12(14)2-3-13(11)15/h2-6,9-10,17H,7-8H2,1H3. The minimum Gasteiger partial charge on any atom is -0.336 e. The highest BCUT2D eigenvalue weighted by Gasteiger charge is 2.05. The van der Waals surface area contributed by atoms with E-state index < -0.39 is 0 Å². The van der Waals surface area contributed by atoms with Gasteiger partial charge in [0.25, 0.3) is 0 Å². The van der Waals surface area contributed by atoms with Crippen molar-refractivity contribution in [2.75, 3.05) is 0 Å². The summed E-state index contributed by atoms with van der Waals surface area (Å²) in [7, 11) is 0. The number of hydrogen-bond donors (Lipinski definition) is 1. The molecule has 2 aromatic rings. The highest BCUT2D eigenvalue weighted by atomic mass is 35.5. The molecule has 0 saturated heterocycles. The van der Waals surface area contributed by atoms with Crippen LogP contribution < -0.4 is 5.32 Å². The van der Waals surface area contributed by atoms with Gasteiger partial charge in [0.05, 0.1) is 6.33 Å². The first-order chi connectivity index (χ1) is 8.65. The Kier molecular flexibility index (Phi) is 4.64. The van der Waals surface area contributed by atoms with Crippen molar-refractivity contribution in [3.8, 4) is 0 Å². The normalized spacial score (nSPS) is 12.6. The fourth-order valence-electron chi connectivity index (χ4n) is 1.74. The van der Waals surface area contributed by atoms with Gasteiger partial charge in [0.15, 0.2) is 0 Å². The summed E-state index contributed by atoms with van der Waals surface area (Å²) in [5.41, 5.74) is 1.02.